The molecule has 0 N–H and O–H groups in total. The number of unbranched alkanes of at least 4 members (excludes halogenated alkanes) is 4. The summed E-state index contributed by atoms with van der Waals surface area (Å²) in [4.78, 5) is 3.78. The van der Waals surface area contributed by atoms with Gasteiger partial charge in [0.05, 0.1) is 6.42 Å². The van der Waals surface area contributed by atoms with Gasteiger partial charge >= 0.3 is 0 Å². The SMILES string of the molecule is C=CCCCCCC#[N+]C. The lowest BCUT2D eigenvalue weighted by Crippen LogP contribution is -1.73. The number of hydrogen-bond acceptors (Lipinski definition) is 0. The van der Waals surface area contributed by atoms with E-state index in [0.717, 1.165) is 12.8 Å². The maximum Gasteiger partial charge on any atom is 0.272 e. The minimum absolute atomic E-state index is 1.01. The summed E-state index contributed by atoms with van der Waals surface area (Å²) in [7, 11) is 1.77. The Kier molecular flexibility index (Phi) is 7.60. The minimum Gasteiger partial charge on any atom is -0.103 e. The van der Waals surface area contributed by atoms with E-state index in [1.165, 1.54) is 19.3 Å². The summed E-state index contributed by atoms with van der Waals surface area (Å²) in [5.74, 6) is 0. The van der Waals surface area contributed by atoms with Crippen LogP contribution in [0.5, 0.6) is 0 Å². The molecule has 0 amide bonds. The summed E-state index contributed by atoms with van der Waals surface area (Å²) in [6, 6.07) is 2.92. The molecule has 0 saturated heterocycles. The second-order valence-corrected chi connectivity index (χ2v) is 2.27. The van der Waals surface area contributed by atoms with Crippen LogP contribution in [0, 0.1) is 6.07 Å². The number of nitrogens with zero attached hydrogens (tertiary/aromatic N) is 1. The standard InChI is InChI=1S/C9H16N/c1-3-4-5-6-7-8-9-10-2/h3H,1,4-8H2,2H3/q+1. The molecule has 0 aliphatic heterocycles. The van der Waals surface area contributed by atoms with Gasteiger partial charge in [0, 0.05) is 0 Å². The molecule has 0 heterocycles. The largest absolute Gasteiger partial charge is 0.272 e. The minimum atomic E-state index is 1.01. The second kappa shape index (κ2) is 8.23. The Bertz CT molecular complexity index is 127. The fourth-order valence-corrected chi connectivity index (χ4v) is 0.781. The molecule has 0 aliphatic rings. The highest BCUT2D eigenvalue weighted by Gasteiger charge is 1.87. The van der Waals surface area contributed by atoms with Gasteiger partial charge in [0.2, 0.25) is 0 Å². The van der Waals surface area contributed by atoms with Gasteiger partial charge in [0.1, 0.15) is 0 Å². The van der Waals surface area contributed by atoms with Crippen molar-refractivity contribution in [3.63, 3.8) is 0 Å². The van der Waals surface area contributed by atoms with Gasteiger partial charge in [0.15, 0.2) is 0 Å². The molecule has 0 aromatic rings. The lowest BCUT2D eigenvalue weighted by molar-refractivity contribution is 0.702. The second-order valence-electron chi connectivity index (χ2n) is 2.27. The van der Waals surface area contributed by atoms with Crippen LogP contribution in [-0.4, -0.2) is 7.05 Å². The van der Waals surface area contributed by atoms with Crippen molar-refractivity contribution in [2.45, 2.75) is 32.1 Å². The van der Waals surface area contributed by atoms with Crippen LogP contribution >= 0.6 is 0 Å². The molecular weight excluding hydrogens is 122 g/mol. The van der Waals surface area contributed by atoms with E-state index in [2.05, 4.69) is 17.5 Å². The van der Waals surface area contributed by atoms with Gasteiger partial charge in [-0.15, -0.1) is 6.58 Å². The molecule has 1 heteroatoms. The molecule has 0 aromatic heterocycles. The van der Waals surface area contributed by atoms with Crippen molar-refractivity contribution < 1.29 is 0 Å². The van der Waals surface area contributed by atoms with Gasteiger partial charge in [-0.3, -0.25) is 0 Å². The van der Waals surface area contributed by atoms with Crippen LogP contribution in [-0.2, 0) is 0 Å². The van der Waals surface area contributed by atoms with Crippen LogP contribution in [0.15, 0.2) is 12.7 Å². The predicted molar refractivity (Wildman–Crippen MR) is 46.5 cm³/mol. The van der Waals surface area contributed by atoms with E-state index in [4.69, 9.17) is 0 Å². The van der Waals surface area contributed by atoms with Gasteiger partial charge in [-0.05, 0) is 19.3 Å². The maximum absolute atomic E-state index is 3.78. The molecule has 1 nitrogen and oxygen atoms in total. The van der Waals surface area contributed by atoms with Crippen LogP contribution < -0.4 is 0 Å². The van der Waals surface area contributed by atoms with E-state index in [9.17, 15) is 0 Å². The van der Waals surface area contributed by atoms with Crippen molar-refractivity contribution in [1.29, 1.82) is 0 Å². The summed E-state index contributed by atoms with van der Waals surface area (Å²) in [5, 5.41) is 0. The van der Waals surface area contributed by atoms with Gasteiger partial charge in [-0.1, -0.05) is 17.3 Å². The third-order valence-electron chi connectivity index (χ3n) is 1.35. The van der Waals surface area contributed by atoms with Crippen molar-refractivity contribution >= 4 is 0 Å². The summed E-state index contributed by atoms with van der Waals surface area (Å²) in [5.41, 5.74) is 0. The Balaban J connectivity index is 2.88. The lowest BCUT2D eigenvalue weighted by atomic mass is 10.1. The average Bonchev–Trinajstić information content (AvgIpc) is 1.97. The van der Waals surface area contributed by atoms with E-state index in [1.54, 1.807) is 7.05 Å². The number of allylic oxidation sites excluding steroid dienone is 1. The van der Waals surface area contributed by atoms with Crippen molar-refractivity contribution in [3.8, 4) is 6.07 Å². The lowest BCUT2D eigenvalue weighted by Gasteiger charge is -1.89. The normalized spacial score (nSPS) is 8.10. The Morgan fingerprint density at radius 2 is 2.20 bits per heavy atom. The molecule has 0 atom stereocenters. The monoisotopic (exact) mass is 138 g/mol. The molecule has 0 spiro atoms. The van der Waals surface area contributed by atoms with Crippen LogP contribution in [0.3, 0.4) is 0 Å². The fraction of sp³-hybridized carbons (Fsp3) is 0.667. The first-order chi connectivity index (χ1) is 4.91. The summed E-state index contributed by atoms with van der Waals surface area (Å²) in [6.07, 6.45) is 7.86. The van der Waals surface area contributed by atoms with Gasteiger partial charge < -0.3 is 0 Å². The third-order valence-corrected chi connectivity index (χ3v) is 1.35. The molecular formula is C9H16N+. The molecule has 0 radical (unpaired) electrons. The van der Waals surface area contributed by atoms with Crippen LogP contribution in [0.4, 0.5) is 0 Å². The Morgan fingerprint density at radius 3 is 2.80 bits per heavy atom. The molecule has 0 fully saturated rings. The van der Waals surface area contributed by atoms with Gasteiger partial charge in [-0.2, -0.15) is 0 Å². The zero-order valence-corrected chi connectivity index (χ0v) is 6.77. The number of hydrogen-bond donors (Lipinski definition) is 0. The van der Waals surface area contributed by atoms with Crippen LogP contribution in [0.25, 0.3) is 4.85 Å². The first-order valence-electron chi connectivity index (χ1n) is 3.84. The summed E-state index contributed by atoms with van der Waals surface area (Å²) >= 11 is 0. The Labute approximate surface area is 63.6 Å². The summed E-state index contributed by atoms with van der Waals surface area (Å²) in [6.45, 7) is 3.66. The van der Waals surface area contributed by atoms with E-state index >= 15 is 0 Å². The first-order valence-corrected chi connectivity index (χ1v) is 3.84. The molecule has 0 bridgehead atoms. The highest BCUT2D eigenvalue weighted by Crippen LogP contribution is 2.01. The van der Waals surface area contributed by atoms with Crippen LogP contribution in [0.1, 0.15) is 32.1 Å². The Morgan fingerprint density at radius 1 is 1.40 bits per heavy atom. The van der Waals surface area contributed by atoms with Crippen molar-refractivity contribution in [3.05, 3.63) is 17.5 Å². The molecule has 0 unspecified atom stereocenters. The number of rotatable bonds is 5. The molecule has 0 saturated carbocycles. The molecule has 10 heavy (non-hydrogen) atoms. The quantitative estimate of drug-likeness (QED) is 0.406. The third kappa shape index (κ3) is 7.23. The highest BCUT2D eigenvalue weighted by atomic mass is 14.6. The molecule has 0 aromatic carbocycles. The van der Waals surface area contributed by atoms with E-state index < -0.39 is 0 Å². The van der Waals surface area contributed by atoms with E-state index in [-0.39, 0.29) is 0 Å². The van der Waals surface area contributed by atoms with Crippen molar-refractivity contribution in [2.75, 3.05) is 7.05 Å². The summed E-state index contributed by atoms with van der Waals surface area (Å²) < 4.78 is 0. The van der Waals surface area contributed by atoms with Crippen molar-refractivity contribution in [1.82, 2.24) is 0 Å². The first kappa shape index (κ1) is 9.23. The predicted octanol–water partition coefficient (Wildman–Crippen LogP) is 3.09. The van der Waals surface area contributed by atoms with Gasteiger partial charge in [-0.25, -0.2) is 0 Å². The average molecular weight is 138 g/mol. The van der Waals surface area contributed by atoms with Crippen molar-refractivity contribution in [2.24, 2.45) is 0 Å². The van der Waals surface area contributed by atoms with Gasteiger partial charge in [0.25, 0.3) is 13.1 Å². The fourth-order valence-electron chi connectivity index (χ4n) is 0.781. The molecule has 56 valence electrons. The zero-order valence-electron chi connectivity index (χ0n) is 6.77. The van der Waals surface area contributed by atoms with E-state index in [1.807, 2.05) is 6.08 Å². The zero-order chi connectivity index (χ0) is 7.66. The molecule has 0 rings (SSSR count). The maximum atomic E-state index is 3.78. The van der Waals surface area contributed by atoms with Crippen LogP contribution in [0.2, 0.25) is 0 Å². The Hall–Kier alpha value is -0.770. The molecule has 0 aliphatic carbocycles. The topological polar surface area (TPSA) is 4.36 Å². The van der Waals surface area contributed by atoms with E-state index in [0.29, 0.717) is 0 Å². The smallest absolute Gasteiger partial charge is 0.103 e. The highest BCUT2D eigenvalue weighted by molar-refractivity contribution is 4.82.